The molecule has 4 aromatic carbocycles. The van der Waals surface area contributed by atoms with Crippen LogP contribution in [0.1, 0.15) is 52.2 Å². The molecule has 0 saturated carbocycles. The number of amides is 1. The van der Waals surface area contributed by atoms with Gasteiger partial charge in [-0.3, -0.25) is 4.79 Å². The Morgan fingerprint density at radius 3 is 2.19 bits per heavy atom. The number of hydrogen-bond donors (Lipinski definition) is 4. The Labute approximate surface area is 286 Å². The molecular weight excluding hydrogens is 649 g/mol. The van der Waals surface area contributed by atoms with Crippen molar-refractivity contribution in [2.45, 2.75) is 62.4 Å². The maximum absolute atomic E-state index is 13.4. The Kier molecular flexibility index (Phi) is 12.8. The monoisotopic (exact) mass is 690 g/mol. The summed E-state index contributed by atoms with van der Waals surface area (Å²) in [6.07, 6.45) is -0.0622. The van der Waals surface area contributed by atoms with Crippen LogP contribution in [-0.4, -0.2) is 54.8 Å². The van der Waals surface area contributed by atoms with E-state index in [2.05, 4.69) is 10.0 Å². The molecule has 1 aliphatic heterocycles. The number of ether oxygens (including phenoxy) is 2. The molecular formula is C37H42N2O7S2. The fourth-order valence-corrected chi connectivity index (χ4v) is 7.39. The van der Waals surface area contributed by atoms with Crippen LogP contribution in [0.15, 0.2) is 108 Å². The van der Waals surface area contributed by atoms with Gasteiger partial charge in [-0.25, -0.2) is 8.42 Å². The zero-order valence-corrected chi connectivity index (χ0v) is 28.5. The first-order valence-electron chi connectivity index (χ1n) is 15.9. The maximum Gasteiger partial charge on any atom is 0.241 e. The predicted octanol–water partition coefficient (Wildman–Crippen LogP) is 4.96. The van der Waals surface area contributed by atoms with Gasteiger partial charge in [-0.1, -0.05) is 96.6 Å². The highest BCUT2D eigenvalue weighted by Crippen LogP contribution is 2.38. The van der Waals surface area contributed by atoms with Gasteiger partial charge >= 0.3 is 0 Å². The van der Waals surface area contributed by atoms with E-state index in [9.17, 15) is 23.4 Å². The van der Waals surface area contributed by atoms with Crippen LogP contribution in [0, 0.1) is 6.92 Å². The Morgan fingerprint density at radius 1 is 0.854 bits per heavy atom. The minimum Gasteiger partial charge on any atom is -0.396 e. The number of benzene rings is 4. The third-order valence-electron chi connectivity index (χ3n) is 8.10. The molecule has 1 fully saturated rings. The molecule has 1 saturated heterocycles. The van der Waals surface area contributed by atoms with Crippen LogP contribution >= 0.6 is 11.8 Å². The van der Waals surface area contributed by atoms with Gasteiger partial charge in [-0.15, -0.1) is 0 Å². The van der Waals surface area contributed by atoms with Gasteiger partial charge in [0.2, 0.25) is 15.9 Å². The van der Waals surface area contributed by atoms with Gasteiger partial charge in [0.1, 0.15) is 6.04 Å². The molecule has 0 radical (unpaired) electrons. The highest BCUT2D eigenvalue weighted by atomic mass is 32.2. The van der Waals surface area contributed by atoms with Crippen molar-refractivity contribution in [3.63, 3.8) is 0 Å². The number of sulfonamides is 1. The first-order chi connectivity index (χ1) is 23.2. The van der Waals surface area contributed by atoms with Crippen LogP contribution < -0.4 is 10.0 Å². The van der Waals surface area contributed by atoms with E-state index in [0.29, 0.717) is 17.9 Å². The van der Waals surface area contributed by atoms with Crippen LogP contribution in [0.4, 0.5) is 0 Å². The number of rotatable bonds is 15. The van der Waals surface area contributed by atoms with Gasteiger partial charge in [-0.2, -0.15) is 16.5 Å². The van der Waals surface area contributed by atoms with Crippen molar-refractivity contribution in [3.8, 4) is 0 Å². The fourth-order valence-electron chi connectivity index (χ4n) is 5.42. The van der Waals surface area contributed by atoms with Crippen LogP contribution in [-0.2, 0) is 43.9 Å². The summed E-state index contributed by atoms with van der Waals surface area (Å²) in [5.41, 5.74) is 5.25. The smallest absolute Gasteiger partial charge is 0.241 e. The van der Waals surface area contributed by atoms with Gasteiger partial charge in [0.15, 0.2) is 6.29 Å². The summed E-state index contributed by atoms with van der Waals surface area (Å²) < 4.78 is 41.8. The number of nitrogens with one attached hydrogen (secondary N) is 2. The third kappa shape index (κ3) is 9.99. The van der Waals surface area contributed by atoms with Crippen molar-refractivity contribution < 1.29 is 32.9 Å². The molecule has 0 aromatic heterocycles. The van der Waals surface area contributed by atoms with Crippen molar-refractivity contribution in [2.75, 3.05) is 18.1 Å². The Hall–Kier alpha value is -3.55. The zero-order valence-electron chi connectivity index (χ0n) is 26.8. The van der Waals surface area contributed by atoms with Gasteiger partial charge in [0.05, 0.1) is 30.3 Å². The van der Waals surface area contributed by atoms with Crippen LogP contribution in [0.5, 0.6) is 0 Å². The molecule has 0 spiro atoms. The van der Waals surface area contributed by atoms with Crippen LogP contribution in [0.3, 0.4) is 0 Å². The second-order valence-electron chi connectivity index (χ2n) is 11.8. The average Bonchev–Trinajstić information content (AvgIpc) is 3.11. The number of aliphatic hydroxyl groups excluding tert-OH is 2. The van der Waals surface area contributed by atoms with Gasteiger partial charge in [0, 0.05) is 30.0 Å². The van der Waals surface area contributed by atoms with Crippen molar-refractivity contribution in [1.29, 1.82) is 0 Å². The van der Waals surface area contributed by atoms with Crippen LogP contribution in [0.2, 0.25) is 0 Å². The van der Waals surface area contributed by atoms with E-state index < -0.39 is 28.3 Å². The molecule has 0 aliphatic carbocycles. The number of aryl methyl sites for hydroxylation is 1. The minimum atomic E-state index is -3.95. The molecule has 1 unspecified atom stereocenters. The molecule has 11 heteroatoms. The second kappa shape index (κ2) is 17.2. The van der Waals surface area contributed by atoms with Crippen molar-refractivity contribution >= 4 is 27.7 Å². The van der Waals surface area contributed by atoms with Crippen molar-refractivity contribution in [3.05, 3.63) is 137 Å². The molecule has 254 valence electrons. The Bertz CT molecular complexity index is 1700. The zero-order chi connectivity index (χ0) is 33.9. The van der Waals surface area contributed by atoms with Gasteiger partial charge in [0.25, 0.3) is 0 Å². The molecule has 4 atom stereocenters. The van der Waals surface area contributed by atoms with Crippen LogP contribution in [0.25, 0.3) is 0 Å². The number of hydrogen-bond acceptors (Lipinski definition) is 8. The van der Waals surface area contributed by atoms with E-state index in [4.69, 9.17) is 9.47 Å². The summed E-state index contributed by atoms with van der Waals surface area (Å²) in [6.45, 7) is 2.15. The SMILES string of the molecule is Cc1ccc(S(=O)(=O)N[C@H](Cc2ccccc2)C(=O)NCc2ccc(C3O[C@H](CSCCO)C[C@H](c4ccc(CO)cc4)O3)cc2)cc1. The molecule has 1 aliphatic rings. The number of thioether (sulfide) groups is 1. The fraction of sp³-hybridized carbons (Fsp3) is 0.324. The lowest BCUT2D eigenvalue weighted by Crippen LogP contribution is -2.47. The molecule has 1 heterocycles. The Morgan fingerprint density at radius 2 is 1.52 bits per heavy atom. The number of carbonyl (C=O) groups is 1. The van der Waals surface area contributed by atoms with Crippen molar-refractivity contribution in [2.24, 2.45) is 0 Å². The third-order valence-corrected chi connectivity index (χ3v) is 10.7. The highest BCUT2D eigenvalue weighted by molar-refractivity contribution is 7.99. The first-order valence-corrected chi connectivity index (χ1v) is 18.6. The van der Waals surface area contributed by atoms with E-state index in [1.807, 2.05) is 85.8 Å². The number of carbonyl (C=O) groups excluding carboxylic acids is 1. The normalized spacial score (nSPS) is 18.7. The molecule has 4 N–H and O–H groups in total. The van der Waals surface area contributed by atoms with E-state index in [1.165, 1.54) is 12.1 Å². The average molecular weight is 691 g/mol. The largest absolute Gasteiger partial charge is 0.396 e. The topological polar surface area (TPSA) is 134 Å². The Balaban J connectivity index is 1.26. The lowest BCUT2D eigenvalue weighted by atomic mass is 10.0. The quantitative estimate of drug-likeness (QED) is 0.129. The standard InChI is InChI=1S/C37H42N2O7S2/c1-26-7-17-33(18-8-26)48(43,44)39-34(21-27-5-3-2-4-6-27)36(42)38-23-28-9-15-31(16-10-28)37-45-32(25-47-20-19-40)22-35(46-37)30-13-11-29(24-41)12-14-30/h2-18,32,34-35,37,39-41H,19-25H2,1H3,(H,38,42)/t32-,34+,35+,37?/m0/s1. The lowest BCUT2D eigenvalue weighted by Gasteiger charge is -2.36. The summed E-state index contributed by atoms with van der Waals surface area (Å²) >= 11 is 1.63. The predicted molar refractivity (Wildman–Crippen MR) is 187 cm³/mol. The molecule has 4 aromatic rings. The van der Waals surface area contributed by atoms with E-state index in [0.717, 1.165) is 33.4 Å². The maximum atomic E-state index is 13.4. The molecule has 48 heavy (non-hydrogen) atoms. The molecule has 5 rings (SSSR count). The summed E-state index contributed by atoms with van der Waals surface area (Å²) in [6, 6.07) is 30.1. The van der Waals surface area contributed by atoms with E-state index in [-0.39, 0.29) is 43.3 Å². The summed E-state index contributed by atoms with van der Waals surface area (Å²) in [7, 11) is -3.95. The minimum absolute atomic E-state index is 0.0263. The molecule has 1 amide bonds. The van der Waals surface area contributed by atoms with Crippen molar-refractivity contribution in [1.82, 2.24) is 10.0 Å². The summed E-state index contributed by atoms with van der Waals surface area (Å²) in [5.74, 6) is 0.908. The van der Waals surface area contributed by atoms with Gasteiger partial charge < -0.3 is 25.0 Å². The number of aliphatic hydroxyl groups is 2. The highest BCUT2D eigenvalue weighted by Gasteiger charge is 2.32. The van der Waals surface area contributed by atoms with Gasteiger partial charge in [-0.05, 0) is 47.7 Å². The second-order valence-corrected chi connectivity index (χ2v) is 14.6. The molecule has 9 nitrogen and oxygen atoms in total. The first kappa shape index (κ1) is 35.7. The summed E-state index contributed by atoms with van der Waals surface area (Å²) in [5, 5.41) is 21.6. The van der Waals surface area contributed by atoms with E-state index in [1.54, 1.807) is 23.9 Å². The summed E-state index contributed by atoms with van der Waals surface area (Å²) in [4.78, 5) is 13.5. The van der Waals surface area contributed by atoms with E-state index >= 15 is 0 Å². The lowest BCUT2D eigenvalue weighted by molar-refractivity contribution is -0.245. The molecule has 0 bridgehead atoms.